The van der Waals surface area contributed by atoms with Gasteiger partial charge >= 0.3 is 0 Å². The van der Waals surface area contributed by atoms with Crippen LogP contribution in [0.4, 0.5) is 0 Å². The fourth-order valence-corrected chi connectivity index (χ4v) is 2.09. The van der Waals surface area contributed by atoms with E-state index in [-0.39, 0.29) is 18.2 Å². The van der Waals surface area contributed by atoms with Crippen molar-refractivity contribution in [2.75, 3.05) is 21.3 Å². The second-order valence-electron chi connectivity index (χ2n) is 4.16. The van der Waals surface area contributed by atoms with Crippen molar-refractivity contribution >= 4 is 11.8 Å². The van der Waals surface area contributed by atoms with Gasteiger partial charge in [-0.1, -0.05) is 6.07 Å². The van der Waals surface area contributed by atoms with Crippen molar-refractivity contribution in [2.45, 2.75) is 12.3 Å². The summed E-state index contributed by atoms with van der Waals surface area (Å²) in [6.45, 7) is 0. The van der Waals surface area contributed by atoms with Crippen LogP contribution in [-0.4, -0.2) is 38.0 Å². The lowest BCUT2D eigenvalue weighted by Gasteiger charge is -2.12. The minimum Gasteiger partial charge on any atom is -0.493 e. The fraction of sp³-hybridized carbons (Fsp3) is 0.385. The fourth-order valence-electron chi connectivity index (χ4n) is 2.09. The molecule has 1 aliphatic heterocycles. The molecule has 0 N–H and O–H groups in total. The predicted octanol–water partition coefficient (Wildman–Crippen LogP) is 1.18. The lowest BCUT2D eigenvalue weighted by atomic mass is 9.97. The van der Waals surface area contributed by atoms with E-state index < -0.39 is 5.92 Å². The molecule has 0 aliphatic carbocycles. The highest BCUT2D eigenvalue weighted by Gasteiger charge is 2.37. The molecule has 1 aliphatic rings. The topological polar surface area (TPSA) is 55.8 Å². The molecular weight excluding hydrogens is 234 g/mol. The molecular formula is C13H15NO4. The van der Waals surface area contributed by atoms with Gasteiger partial charge in [-0.15, -0.1) is 0 Å². The molecule has 0 saturated carbocycles. The molecule has 0 aromatic heterocycles. The van der Waals surface area contributed by atoms with E-state index >= 15 is 0 Å². The Morgan fingerprint density at radius 1 is 1.17 bits per heavy atom. The maximum atomic E-state index is 11.9. The summed E-state index contributed by atoms with van der Waals surface area (Å²) >= 11 is 0. The molecule has 1 aromatic carbocycles. The molecule has 0 spiro atoms. The Hall–Kier alpha value is -2.04. The highest BCUT2D eigenvalue weighted by Crippen LogP contribution is 2.34. The normalized spacial score (nSPS) is 19.3. The number of carbonyl (C=O) groups excluding carboxylic acids is 2. The van der Waals surface area contributed by atoms with Gasteiger partial charge in [-0.3, -0.25) is 14.5 Å². The Kier molecular flexibility index (Phi) is 3.23. The maximum absolute atomic E-state index is 11.9. The number of methoxy groups -OCH3 is 2. The summed E-state index contributed by atoms with van der Waals surface area (Å²) in [6.07, 6.45) is 0.213. The predicted molar refractivity (Wildman–Crippen MR) is 64.7 cm³/mol. The highest BCUT2D eigenvalue weighted by molar-refractivity contribution is 6.05. The van der Waals surface area contributed by atoms with Gasteiger partial charge in [0.05, 0.1) is 20.1 Å². The quantitative estimate of drug-likeness (QED) is 0.755. The summed E-state index contributed by atoms with van der Waals surface area (Å²) in [4.78, 5) is 24.6. The van der Waals surface area contributed by atoms with Crippen LogP contribution in [-0.2, 0) is 9.59 Å². The molecule has 1 fully saturated rings. The Labute approximate surface area is 105 Å². The third-order valence-electron chi connectivity index (χ3n) is 3.19. The van der Waals surface area contributed by atoms with Gasteiger partial charge in [0, 0.05) is 13.5 Å². The van der Waals surface area contributed by atoms with Crippen molar-refractivity contribution < 1.29 is 19.1 Å². The molecule has 1 saturated heterocycles. The van der Waals surface area contributed by atoms with Gasteiger partial charge in [-0.25, -0.2) is 0 Å². The monoisotopic (exact) mass is 249 g/mol. The van der Waals surface area contributed by atoms with Gasteiger partial charge in [0.15, 0.2) is 11.5 Å². The van der Waals surface area contributed by atoms with E-state index in [0.717, 1.165) is 5.56 Å². The van der Waals surface area contributed by atoms with Gasteiger partial charge in [-0.2, -0.15) is 0 Å². The zero-order chi connectivity index (χ0) is 13.3. The number of hydrogen-bond donors (Lipinski definition) is 0. The van der Waals surface area contributed by atoms with Gasteiger partial charge in [0.25, 0.3) is 0 Å². The van der Waals surface area contributed by atoms with E-state index in [1.165, 1.54) is 19.1 Å². The number of likely N-dealkylation sites (tertiary alicyclic amines) is 1. The summed E-state index contributed by atoms with van der Waals surface area (Å²) in [5.74, 6) is 0.422. The molecule has 2 amide bonds. The van der Waals surface area contributed by atoms with Gasteiger partial charge < -0.3 is 9.47 Å². The number of likely N-dealkylation sites (N-methyl/N-ethyl adjacent to an activating group) is 1. The summed E-state index contributed by atoms with van der Waals surface area (Å²) in [7, 11) is 4.59. The lowest BCUT2D eigenvalue weighted by molar-refractivity contribution is -0.137. The van der Waals surface area contributed by atoms with Gasteiger partial charge in [0.2, 0.25) is 11.8 Å². The molecule has 0 bridgehead atoms. The molecule has 1 heterocycles. The number of amides is 2. The van der Waals surface area contributed by atoms with E-state index in [1.54, 1.807) is 25.3 Å². The Bertz CT molecular complexity index is 498. The molecule has 1 unspecified atom stereocenters. The van der Waals surface area contributed by atoms with Gasteiger partial charge in [-0.05, 0) is 17.7 Å². The third-order valence-corrected chi connectivity index (χ3v) is 3.19. The van der Waals surface area contributed by atoms with Crippen LogP contribution in [0.2, 0.25) is 0 Å². The number of hydrogen-bond acceptors (Lipinski definition) is 4. The van der Waals surface area contributed by atoms with Crippen LogP contribution >= 0.6 is 0 Å². The molecule has 5 heteroatoms. The van der Waals surface area contributed by atoms with Gasteiger partial charge in [0.1, 0.15) is 0 Å². The second kappa shape index (κ2) is 4.68. The van der Waals surface area contributed by atoms with E-state index in [1.807, 2.05) is 0 Å². The first-order valence-electron chi connectivity index (χ1n) is 5.60. The van der Waals surface area contributed by atoms with Crippen LogP contribution < -0.4 is 9.47 Å². The van der Waals surface area contributed by atoms with Crippen LogP contribution in [0.1, 0.15) is 17.9 Å². The van der Waals surface area contributed by atoms with Crippen molar-refractivity contribution in [1.29, 1.82) is 0 Å². The Balaban J connectivity index is 2.35. The number of rotatable bonds is 3. The SMILES string of the molecule is COc1ccc(C2CC(=O)N(C)C2=O)cc1OC. The van der Waals surface area contributed by atoms with E-state index in [4.69, 9.17) is 9.47 Å². The minimum atomic E-state index is -0.415. The molecule has 5 nitrogen and oxygen atoms in total. The molecule has 2 rings (SSSR count). The van der Waals surface area contributed by atoms with E-state index in [9.17, 15) is 9.59 Å². The summed E-state index contributed by atoms with van der Waals surface area (Å²) in [5, 5.41) is 0. The zero-order valence-corrected chi connectivity index (χ0v) is 10.6. The maximum Gasteiger partial charge on any atom is 0.236 e. The highest BCUT2D eigenvalue weighted by atomic mass is 16.5. The molecule has 0 radical (unpaired) electrons. The molecule has 18 heavy (non-hydrogen) atoms. The average molecular weight is 249 g/mol. The lowest BCUT2D eigenvalue weighted by Crippen LogP contribution is -2.25. The number of imide groups is 1. The summed E-state index contributed by atoms with van der Waals surface area (Å²) < 4.78 is 10.3. The average Bonchev–Trinajstić information content (AvgIpc) is 2.65. The number of carbonyl (C=O) groups is 2. The first-order chi connectivity index (χ1) is 8.58. The number of ether oxygens (including phenoxy) is 2. The number of benzene rings is 1. The summed E-state index contributed by atoms with van der Waals surface area (Å²) in [6, 6.07) is 5.27. The smallest absolute Gasteiger partial charge is 0.236 e. The number of nitrogens with zero attached hydrogens (tertiary/aromatic N) is 1. The van der Waals surface area contributed by atoms with Crippen LogP contribution in [0.3, 0.4) is 0 Å². The van der Waals surface area contributed by atoms with Crippen molar-refractivity contribution in [3.63, 3.8) is 0 Å². The van der Waals surface area contributed by atoms with Crippen molar-refractivity contribution in [3.05, 3.63) is 23.8 Å². The van der Waals surface area contributed by atoms with Crippen LogP contribution in [0.5, 0.6) is 11.5 Å². The summed E-state index contributed by atoms with van der Waals surface area (Å²) in [5.41, 5.74) is 0.773. The van der Waals surface area contributed by atoms with Crippen molar-refractivity contribution in [2.24, 2.45) is 0 Å². The first-order valence-corrected chi connectivity index (χ1v) is 5.60. The molecule has 96 valence electrons. The van der Waals surface area contributed by atoms with Crippen LogP contribution in [0.15, 0.2) is 18.2 Å². The first kappa shape index (κ1) is 12.4. The van der Waals surface area contributed by atoms with E-state index in [0.29, 0.717) is 11.5 Å². The third kappa shape index (κ3) is 1.92. The molecule has 1 aromatic rings. The largest absolute Gasteiger partial charge is 0.493 e. The zero-order valence-electron chi connectivity index (χ0n) is 10.6. The minimum absolute atomic E-state index is 0.153. The van der Waals surface area contributed by atoms with Crippen molar-refractivity contribution in [3.8, 4) is 11.5 Å². The van der Waals surface area contributed by atoms with Crippen molar-refractivity contribution in [1.82, 2.24) is 4.90 Å². The Morgan fingerprint density at radius 3 is 2.33 bits per heavy atom. The molecule has 1 atom stereocenters. The standard InChI is InChI=1S/C13H15NO4/c1-14-12(15)7-9(13(14)16)8-4-5-10(17-2)11(6-8)18-3/h4-6,9H,7H2,1-3H3. The second-order valence-corrected chi connectivity index (χ2v) is 4.16. The van der Waals surface area contributed by atoms with E-state index in [2.05, 4.69) is 0 Å². The van der Waals surface area contributed by atoms with Crippen LogP contribution in [0.25, 0.3) is 0 Å². The van der Waals surface area contributed by atoms with Crippen LogP contribution in [0, 0.1) is 0 Å². The Morgan fingerprint density at radius 2 is 1.83 bits per heavy atom.